The van der Waals surface area contributed by atoms with E-state index >= 15 is 0 Å². The minimum absolute atomic E-state index is 0.00919. The van der Waals surface area contributed by atoms with Crippen LogP contribution in [0.3, 0.4) is 0 Å². The van der Waals surface area contributed by atoms with E-state index in [1.165, 1.54) is 6.07 Å². The molecule has 0 radical (unpaired) electrons. The Morgan fingerprint density at radius 3 is 2.81 bits per heavy atom. The second kappa shape index (κ2) is 5.31. The maximum Gasteiger partial charge on any atom is 0.338 e. The van der Waals surface area contributed by atoms with Crippen molar-refractivity contribution in [2.45, 2.75) is 19.8 Å². The Bertz CT molecular complexity index is 464. The molecule has 1 rings (SSSR count). The highest BCUT2D eigenvalue weighted by Gasteiger charge is 2.16. The predicted molar refractivity (Wildman–Crippen MR) is 63.6 cm³/mol. The number of rotatable bonds is 6. The highest BCUT2D eigenvalue weighted by atomic mass is 32.2. The Kier molecular flexibility index (Phi) is 4.31. The molecule has 0 aliphatic rings. The van der Waals surface area contributed by atoms with Crippen molar-refractivity contribution in [1.82, 2.24) is 0 Å². The largest absolute Gasteiger partial charge is 0.478 e. The molecular weight excluding hydrogens is 250 g/mol. The van der Waals surface area contributed by atoms with Crippen LogP contribution in [-0.2, 0) is 10.0 Å². The minimum atomic E-state index is -3.43. The monoisotopic (exact) mass is 263 g/mol. The molecule has 0 aliphatic carbocycles. The van der Waals surface area contributed by atoms with Crippen LogP contribution in [0.2, 0.25) is 0 Å². The number of carbonyl (C=O) groups is 1. The average Bonchev–Trinajstić information content (AvgIpc) is 2.62. The number of sulfonamides is 1. The molecule has 1 heterocycles. The van der Waals surface area contributed by atoms with Gasteiger partial charge in [0.25, 0.3) is 0 Å². The quantitative estimate of drug-likeness (QED) is 0.822. The van der Waals surface area contributed by atoms with Gasteiger partial charge in [0.2, 0.25) is 10.0 Å². The van der Waals surface area contributed by atoms with Crippen LogP contribution in [0.5, 0.6) is 0 Å². The number of anilines is 1. The number of aromatic carboxylic acids is 1. The fraction of sp³-hybridized carbons (Fsp3) is 0.444. The fourth-order valence-electron chi connectivity index (χ4n) is 1.08. The molecule has 1 aromatic rings. The Morgan fingerprint density at radius 1 is 1.56 bits per heavy atom. The summed E-state index contributed by atoms with van der Waals surface area (Å²) in [6, 6.07) is 1.38. The van der Waals surface area contributed by atoms with Crippen molar-refractivity contribution in [3.63, 3.8) is 0 Å². The van der Waals surface area contributed by atoms with Crippen LogP contribution < -0.4 is 4.72 Å². The lowest BCUT2D eigenvalue weighted by Crippen LogP contribution is -2.17. The molecule has 90 valence electrons. The highest BCUT2D eigenvalue weighted by Crippen LogP contribution is 2.24. The van der Waals surface area contributed by atoms with E-state index in [0.717, 1.165) is 17.8 Å². The standard InChI is InChI=1S/C9H13NO4S2/c1-2-3-6-16(13,14)10-8-7(9(11)12)4-5-15-8/h4-5,10H,2-3,6H2,1H3,(H,11,12). The highest BCUT2D eigenvalue weighted by molar-refractivity contribution is 7.92. The molecule has 0 atom stereocenters. The first-order valence-electron chi connectivity index (χ1n) is 4.77. The van der Waals surface area contributed by atoms with Crippen LogP contribution in [0.4, 0.5) is 5.00 Å². The van der Waals surface area contributed by atoms with Gasteiger partial charge < -0.3 is 5.11 Å². The van der Waals surface area contributed by atoms with Crippen molar-refractivity contribution in [3.05, 3.63) is 17.0 Å². The molecule has 0 spiro atoms. The molecule has 1 aromatic heterocycles. The predicted octanol–water partition coefficient (Wildman–Crippen LogP) is 1.99. The van der Waals surface area contributed by atoms with Gasteiger partial charge in [-0.1, -0.05) is 13.3 Å². The summed E-state index contributed by atoms with van der Waals surface area (Å²) in [5.74, 6) is -1.12. The molecule has 0 bridgehead atoms. The number of carboxylic acid groups (broad SMARTS) is 1. The third-order valence-electron chi connectivity index (χ3n) is 1.91. The SMILES string of the molecule is CCCCS(=O)(=O)Nc1sccc1C(=O)O. The summed E-state index contributed by atoms with van der Waals surface area (Å²) in [6.07, 6.45) is 1.33. The van der Waals surface area contributed by atoms with E-state index in [-0.39, 0.29) is 16.3 Å². The number of unbranched alkanes of at least 4 members (excludes halogenated alkanes) is 1. The Morgan fingerprint density at radius 2 is 2.25 bits per heavy atom. The van der Waals surface area contributed by atoms with Crippen molar-refractivity contribution in [2.75, 3.05) is 10.5 Å². The zero-order chi connectivity index (χ0) is 12.2. The lowest BCUT2D eigenvalue weighted by molar-refractivity contribution is 0.0698. The van der Waals surface area contributed by atoms with Gasteiger partial charge in [0.05, 0.1) is 11.3 Å². The van der Waals surface area contributed by atoms with Gasteiger partial charge in [-0.05, 0) is 17.9 Å². The fourth-order valence-corrected chi connectivity index (χ4v) is 3.44. The van der Waals surface area contributed by atoms with E-state index in [9.17, 15) is 13.2 Å². The molecule has 0 saturated heterocycles. The van der Waals surface area contributed by atoms with Crippen molar-refractivity contribution in [3.8, 4) is 0 Å². The average molecular weight is 263 g/mol. The summed E-state index contributed by atoms with van der Waals surface area (Å²) in [5, 5.41) is 10.5. The summed E-state index contributed by atoms with van der Waals surface area (Å²) >= 11 is 1.07. The van der Waals surface area contributed by atoms with Crippen LogP contribution >= 0.6 is 11.3 Å². The lowest BCUT2D eigenvalue weighted by atomic mass is 10.3. The first kappa shape index (κ1) is 13.0. The maximum atomic E-state index is 11.5. The Balaban J connectivity index is 2.80. The van der Waals surface area contributed by atoms with Crippen LogP contribution in [0.25, 0.3) is 0 Å². The summed E-state index contributed by atoms with van der Waals surface area (Å²) in [6.45, 7) is 1.89. The topological polar surface area (TPSA) is 83.5 Å². The molecule has 0 saturated carbocycles. The third-order valence-corrected chi connectivity index (χ3v) is 4.21. The summed E-state index contributed by atoms with van der Waals surface area (Å²) < 4.78 is 25.4. The van der Waals surface area contributed by atoms with Gasteiger partial charge in [-0.2, -0.15) is 0 Å². The Hall–Kier alpha value is -1.08. The first-order chi connectivity index (χ1) is 7.46. The minimum Gasteiger partial charge on any atom is -0.478 e. The second-order valence-electron chi connectivity index (χ2n) is 3.24. The Labute approximate surface area is 98.2 Å². The molecule has 2 N–H and O–H groups in total. The smallest absolute Gasteiger partial charge is 0.338 e. The number of nitrogens with one attached hydrogen (secondary N) is 1. The molecule has 0 fully saturated rings. The summed E-state index contributed by atoms with van der Waals surface area (Å²) in [5.41, 5.74) is -0.00919. The van der Waals surface area contributed by atoms with Crippen LogP contribution in [0.15, 0.2) is 11.4 Å². The number of hydrogen-bond donors (Lipinski definition) is 2. The van der Waals surface area contributed by atoms with Gasteiger partial charge in [0.15, 0.2) is 0 Å². The van der Waals surface area contributed by atoms with E-state index in [0.29, 0.717) is 6.42 Å². The van der Waals surface area contributed by atoms with Crippen LogP contribution in [0.1, 0.15) is 30.1 Å². The van der Waals surface area contributed by atoms with Crippen molar-refractivity contribution >= 4 is 32.3 Å². The van der Waals surface area contributed by atoms with Gasteiger partial charge >= 0.3 is 5.97 Å². The number of hydrogen-bond acceptors (Lipinski definition) is 4. The van der Waals surface area contributed by atoms with Gasteiger partial charge in [0, 0.05) is 0 Å². The van der Waals surface area contributed by atoms with Gasteiger partial charge in [0.1, 0.15) is 5.00 Å². The van der Waals surface area contributed by atoms with Crippen LogP contribution in [0, 0.1) is 0 Å². The van der Waals surface area contributed by atoms with Gasteiger partial charge in [-0.25, -0.2) is 13.2 Å². The zero-order valence-corrected chi connectivity index (χ0v) is 10.4. The number of thiophene rings is 1. The van der Waals surface area contributed by atoms with Gasteiger partial charge in [-0.3, -0.25) is 4.72 Å². The van der Waals surface area contributed by atoms with E-state index in [1.54, 1.807) is 5.38 Å². The number of carboxylic acids is 1. The molecule has 7 heteroatoms. The van der Waals surface area contributed by atoms with E-state index in [1.807, 2.05) is 6.92 Å². The summed E-state index contributed by atoms with van der Waals surface area (Å²) in [4.78, 5) is 10.8. The zero-order valence-electron chi connectivity index (χ0n) is 8.76. The van der Waals surface area contributed by atoms with E-state index in [2.05, 4.69) is 4.72 Å². The maximum absolute atomic E-state index is 11.5. The third kappa shape index (κ3) is 3.49. The van der Waals surface area contributed by atoms with E-state index < -0.39 is 16.0 Å². The molecular formula is C9H13NO4S2. The van der Waals surface area contributed by atoms with Crippen LogP contribution in [-0.4, -0.2) is 25.2 Å². The molecule has 0 aromatic carbocycles. The lowest BCUT2D eigenvalue weighted by Gasteiger charge is -2.05. The molecule has 5 nitrogen and oxygen atoms in total. The second-order valence-corrected chi connectivity index (χ2v) is 6.00. The molecule has 16 heavy (non-hydrogen) atoms. The molecule has 0 unspecified atom stereocenters. The summed E-state index contributed by atoms with van der Waals surface area (Å²) in [7, 11) is -3.43. The molecule has 0 aliphatic heterocycles. The van der Waals surface area contributed by atoms with Crippen molar-refractivity contribution in [1.29, 1.82) is 0 Å². The molecule has 0 amide bonds. The van der Waals surface area contributed by atoms with Crippen molar-refractivity contribution < 1.29 is 18.3 Å². The normalized spacial score (nSPS) is 11.3. The first-order valence-corrected chi connectivity index (χ1v) is 7.30. The van der Waals surface area contributed by atoms with Crippen molar-refractivity contribution in [2.24, 2.45) is 0 Å². The van der Waals surface area contributed by atoms with E-state index in [4.69, 9.17) is 5.11 Å². The van der Waals surface area contributed by atoms with Gasteiger partial charge in [-0.15, -0.1) is 11.3 Å².